The Balaban J connectivity index is 1.63. The van der Waals surface area contributed by atoms with E-state index in [9.17, 15) is 4.79 Å². The molecule has 4 heteroatoms. The Bertz CT molecular complexity index is 849. The minimum atomic E-state index is -0.228. The Kier molecular flexibility index (Phi) is 4.88. The van der Waals surface area contributed by atoms with E-state index in [0.29, 0.717) is 17.6 Å². The summed E-state index contributed by atoms with van der Waals surface area (Å²) in [5.41, 5.74) is 3.10. The van der Waals surface area contributed by atoms with Crippen molar-refractivity contribution >= 4 is 11.5 Å². The van der Waals surface area contributed by atoms with Crippen LogP contribution in [0.5, 0.6) is 17.2 Å². The van der Waals surface area contributed by atoms with E-state index in [1.54, 1.807) is 38.5 Å². The van der Waals surface area contributed by atoms with Crippen LogP contribution in [0.25, 0.3) is 5.57 Å². The molecule has 0 N–H and O–H groups in total. The van der Waals surface area contributed by atoms with Gasteiger partial charge in [0.05, 0.1) is 14.2 Å². The maximum Gasteiger partial charge on any atom is 0.340 e. The second kappa shape index (κ2) is 7.47. The Morgan fingerprint density at radius 3 is 1.89 bits per heavy atom. The molecule has 0 radical (unpaired) electrons. The number of hydrogen-bond acceptors (Lipinski definition) is 4. The van der Waals surface area contributed by atoms with Gasteiger partial charge < -0.3 is 14.2 Å². The average molecular weight is 364 g/mol. The first-order valence-corrected chi connectivity index (χ1v) is 9.46. The highest BCUT2D eigenvalue weighted by Gasteiger charge is 2.45. The third-order valence-corrected chi connectivity index (χ3v) is 5.69. The Morgan fingerprint density at radius 2 is 1.30 bits per heavy atom. The smallest absolute Gasteiger partial charge is 0.340 e. The zero-order valence-electron chi connectivity index (χ0n) is 15.7. The minimum absolute atomic E-state index is 0.228. The molecule has 0 aromatic heterocycles. The fraction of sp³-hybridized carbons (Fsp3) is 0.348. The quantitative estimate of drug-likeness (QED) is 0.560. The lowest BCUT2D eigenvalue weighted by Gasteiger charge is -2.44. The highest BCUT2D eigenvalue weighted by Crippen LogP contribution is 2.54. The topological polar surface area (TPSA) is 44.8 Å². The van der Waals surface area contributed by atoms with Gasteiger partial charge in [0.2, 0.25) is 0 Å². The summed E-state index contributed by atoms with van der Waals surface area (Å²) in [5.74, 6) is 2.66. The molecule has 4 nitrogen and oxygen atoms in total. The number of esters is 1. The van der Waals surface area contributed by atoms with Crippen molar-refractivity contribution in [2.24, 2.45) is 11.8 Å². The number of allylic oxidation sites excluding steroid dienone is 1. The lowest BCUT2D eigenvalue weighted by molar-refractivity contribution is -0.131. The normalized spacial score (nSPS) is 21.1. The van der Waals surface area contributed by atoms with E-state index < -0.39 is 0 Å². The first kappa shape index (κ1) is 17.7. The molecule has 1 saturated carbocycles. The van der Waals surface area contributed by atoms with Crippen LogP contribution in [0.1, 0.15) is 31.2 Å². The molecular weight excluding hydrogens is 340 g/mol. The lowest BCUT2D eigenvalue weighted by Crippen LogP contribution is -2.38. The van der Waals surface area contributed by atoms with Gasteiger partial charge in [-0.3, -0.25) is 0 Å². The van der Waals surface area contributed by atoms with E-state index in [0.717, 1.165) is 41.1 Å². The second-order valence-corrected chi connectivity index (χ2v) is 7.12. The largest absolute Gasteiger partial charge is 0.497 e. The van der Waals surface area contributed by atoms with Crippen LogP contribution < -0.4 is 14.2 Å². The van der Waals surface area contributed by atoms with Crippen molar-refractivity contribution in [2.45, 2.75) is 25.7 Å². The standard InChI is InChI=1S/C23H24O4/c1-25-16-9-7-15(8-10-16)21-19-5-3-4-6-20(19)22(21)23(24)27-18-13-11-17(26-2)12-14-18/h7-14,19-20H,3-6H2,1-2H3/t19-,20-/m0/s1. The summed E-state index contributed by atoms with van der Waals surface area (Å²) in [6, 6.07) is 15.1. The van der Waals surface area contributed by atoms with Gasteiger partial charge in [0.15, 0.2) is 0 Å². The maximum atomic E-state index is 13.0. The molecule has 0 aliphatic heterocycles. The summed E-state index contributed by atoms with van der Waals surface area (Å²) in [7, 11) is 3.27. The summed E-state index contributed by atoms with van der Waals surface area (Å²) >= 11 is 0. The maximum absolute atomic E-state index is 13.0. The van der Waals surface area contributed by atoms with Crippen LogP contribution in [0.3, 0.4) is 0 Å². The van der Waals surface area contributed by atoms with Crippen molar-refractivity contribution in [3.05, 3.63) is 59.7 Å². The number of carbonyl (C=O) groups excluding carboxylic acids is 1. The summed E-state index contributed by atoms with van der Waals surface area (Å²) in [6.07, 6.45) is 4.61. The zero-order valence-corrected chi connectivity index (χ0v) is 15.7. The monoisotopic (exact) mass is 364 g/mol. The van der Waals surface area contributed by atoms with Crippen molar-refractivity contribution in [3.63, 3.8) is 0 Å². The molecule has 0 amide bonds. The van der Waals surface area contributed by atoms with E-state index in [2.05, 4.69) is 0 Å². The van der Waals surface area contributed by atoms with E-state index in [1.165, 1.54) is 12.8 Å². The van der Waals surface area contributed by atoms with Crippen molar-refractivity contribution in [2.75, 3.05) is 14.2 Å². The highest BCUT2D eigenvalue weighted by molar-refractivity contribution is 6.03. The average Bonchev–Trinajstić information content (AvgIpc) is 2.70. The van der Waals surface area contributed by atoms with Crippen LogP contribution in [0.4, 0.5) is 0 Å². The summed E-state index contributed by atoms with van der Waals surface area (Å²) < 4.78 is 16.1. The molecule has 1 fully saturated rings. The van der Waals surface area contributed by atoms with Crippen molar-refractivity contribution in [1.82, 2.24) is 0 Å². The van der Waals surface area contributed by atoms with Gasteiger partial charge in [0.25, 0.3) is 0 Å². The Hall–Kier alpha value is -2.75. The fourth-order valence-electron chi connectivity index (χ4n) is 4.33. The fourth-order valence-corrected chi connectivity index (χ4v) is 4.33. The van der Waals surface area contributed by atoms with E-state index in [4.69, 9.17) is 14.2 Å². The van der Waals surface area contributed by atoms with E-state index in [1.807, 2.05) is 24.3 Å². The van der Waals surface area contributed by atoms with Gasteiger partial charge in [-0.1, -0.05) is 25.0 Å². The van der Waals surface area contributed by atoms with E-state index >= 15 is 0 Å². The third kappa shape index (κ3) is 3.32. The highest BCUT2D eigenvalue weighted by atomic mass is 16.5. The predicted octanol–water partition coefficient (Wildman–Crippen LogP) is 4.88. The predicted molar refractivity (Wildman–Crippen MR) is 104 cm³/mol. The minimum Gasteiger partial charge on any atom is -0.497 e. The van der Waals surface area contributed by atoms with Crippen LogP contribution in [0, 0.1) is 11.8 Å². The van der Waals surface area contributed by atoms with Crippen molar-refractivity contribution < 1.29 is 19.0 Å². The van der Waals surface area contributed by atoms with Gasteiger partial charge in [0, 0.05) is 5.57 Å². The molecule has 2 aliphatic carbocycles. The molecule has 2 atom stereocenters. The summed E-state index contributed by atoms with van der Waals surface area (Å²) in [5, 5.41) is 0. The molecule has 27 heavy (non-hydrogen) atoms. The number of fused-ring (bicyclic) bond motifs is 1. The van der Waals surface area contributed by atoms with Crippen molar-refractivity contribution in [1.29, 1.82) is 0 Å². The molecule has 0 bridgehead atoms. The summed E-state index contributed by atoms with van der Waals surface area (Å²) in [4.78, 5) is 13.0. The van der Waals surface area contributed by atoms with Crippen LogP contribution in [0.2, 0.25) is 0 Å². The number of hydrogen-bond donors (Lipinski definition) is 0. The van der Waals surface area contributed by atoms with Crippen LogP contribution in [0.15, 0.2) is 54.1 Å². The van der Waals surface area contributed by atoms with Crippen LogP contribution >= 0.6 is 0 Å². The second-order valence-electron chi connectivity index (χ2n) is 7.12. The molecule has 2 aromatic carbocycles. The lowest BCUT2D eigenvalue weighted by atomic mass is 9.59. The number of methoxy groups -OCH3 is 2. The molecule has 0 heterocycles. The molecule has 0 spiro atoms. The molecule has 0 saturated heterocycles. The molecule has 0 unspecified atom stereocenters. The van der Waals surface area contributed by atoms with Gasteiger partial charge in [-0.05, 0) is 72.2 Å². The number of rotatable bonds is 5. The van der Waals surface area contributed by atoms with Gasteiger partial charge in [0.1, 0.15) is 17.2 Å². The first-order chi connectivity index (χ1) is 13.2. The summed E-state index contributed by atoms with van der Waals surface area (Å²) in [6.45, 7) is 0. The van der Waals surface area contributed by atoms with Gasteiger partial charge in [-0.15, -0.1) is 0 Å². The van der Waals surface area contributed by atoms with Crippen molar-refractivity contribution in [3.8, 4) is 17.2 Å². The molecule has 2 aromatic rings. The molecule has 4 rings (SSSR count). The SMILES string of the molecule is COc1ccc(OC(=O)C2=C(c3ccc(OC)cc3)[C@H]3CCCC[C@H]23)cc1. The van der Waals surface area contributed by atoms with E-state index in [-0.39, 0.29) is 5.97 Å². The number of ether oxygens (including phenoxy) is 3. The molecule has 140 valence electrons. The third-order valence-electron chi connectivity index (χ3n) is 5.69. The van der Waals surface area contributed by atoms with Gasteiger partial charge in [-0.25, -0.2) is 4.79 Å². The first-order valence-electron chi connectivity index (χ1n) is 9.46. The number of carbonyl (C=O) groups is 1. The Morgan fingerprint density at radius 1 is 0.778 bits per heavy atom. The molecule has 2 aliphatic rings. The van der Waals surface area contributed by atoms with Crippen LogP contribution in [-0.4, -0.2) is 20.2 Å². The van der Waals surface area contributed by atoms with Gasteiger partial charge in [-0.2, -0.15) is 0 Å². The molecular formula is C23H24O4. The van der Waals surface area contributed by atoms with Crippen LogP contribution in [-0.2, 0) is 4.79 Å². The number of benzene rings is 2. The van der Waals surface area contributed by atoms with Gasteiger partial charge >= 0.3 is 5.97 Å². The Labute approximate surface area is 159 Å². The zero-order chi connectivity index (χ0) is 18.8.